The monoisotopic (exact) mass is 461 g/mol. The van der Waals surface area contributed by atoms with E-state index in [2.05, 4.69) is 33.9 Å². The van der Waals surface area contributed by atoms with Gasteiger partial charge in [0.1, 0.15) is 11.4 Å². The van der Waals surface area contributed by atoms with Crippen molar-refractivity contribution < 1.29 is 22.7 Å². The number of ether oxygens (including phenoxy) is 1. The van der Waals surface area contributed by atoms with Crippen LogP contribution < -0.4 is 4.74 Å². The lowest BCUT2D eigenvalue weighted by molar-refractivity contribution is -0.274. The highest BCUT2D eigenvalue weighted by Gasteiger charge is 2.31. The van der Waals surface area contributed by atoms with Crippen molar-refractivity contribution in [1.82, 2.24) is 24.9 Å². The summed E-state index contributed by atoms with van der Waals surface area (Å²) >= 11 is 0. The zero-order valence-electron chi connectivity index (χ0n) is 18.5. The van der Waals surface area contributed by atoms with Gasteiger partial charge in [0, 0.05) is 31.0 Å². The number of hydrogen-bond donors (Lipinski definition) is 0. The molecule has 0 aliphatic rings. The summed E-state index contributed by atoms with van der Waals surface area (Å²) in [6.45, 7) is 5.28. The minimum absolute atomic E-state index is 0.304. The van der Waals surface area contributed by atoms with E-state index in [1.54, 1.807) is 17.3 Å². The fourth-order valence-corrected chi connectivity index (χ4v) is 3.40. The van der Waals surface area contributed by atoms with E-state index in [1.165, 1.54) is 35.1 Å². The summed E-state index contributed by atoms with van der Waals surface area (Å²) < 4.78 is 42.1. The van der Waals surface area contributed by atoms with E-state index in [4.69, 9.17) is 0 Å². The maximum Gasteiger partial charge on any atom is 0.573 e. The largest absolute Gasteiger partial charge is 0.573 e. The van der Waals surface area contributed by atoms with Crippen LogP contribution in [0.5, 0.6) is 5.75 Å². The van der Waals surface area contributed by atoms with Gasteiger partial charge in [-0.05, 0) is 48.2 Å². The van der Waals surface area contributed by atoms with Crippen molar-refractivity contribution in [2.75, 3.05) is 13.1 Å². The normalized spacial score (nSPS) is 11.6. The number of benzene rings is 1. The molecule has 1 amide bonds. The Kier molecular flexibility index (Phi) is 8.02. The number of rotatable bonds is 9. The van der Waals surface area contributed by atoms with Gasteiger partial charge >= 0.3 is 12.4 Å². The molecule has 0 spiro atoms. The van der Waals surface area contributed by atoms with Gasteiger partial charge in [0.15, 0.2) is 0 Å². The highest BCUT2D eigenvalue weighted by molar-refractivity contribution is 5.77. The standard InChI is InChI=1S/C23H26F3N5O2/c1-3-17(4-2)15-30(13-11-18-6-5-12-27-14-18)22(32)31-16-21(28-29-31)19-7-9-20(10-8-19)33-23(24,25)26/h5-10,12,14,16-17H,3-4,11,13,15H2,1-2H3. The SMILES string of the molecule is CCC(CC)CN(CCc1cccnc1)C(=O)n1cc(-c2ccc(OC(F)(F)F)cc2)nn1. The van der Waals surface area contributed by atoms with Crippen LogP contribution in [0.2, 0.25) is 0 Å². The number of carbonyl (C=O) groups excluding carboxylic acids is 1. The number of halogens is 3. The van der Waals surface area contributed by atoms with Crippen LogP contribution in [0, 0.1) is 5.92 Å². The summed E-state index contributed by atoms with van der Waals surface area (Å²) in [6, 6.07) is 8.77. The first-order chi connectivity index (χ1) is 15.8. The Morgan fingerprint density at radius 1 is 1.15 bits per heavy atom. The van der Waals surface area contributed by atoms with Crippen LogP contribution in [-0.2, 0) is 6.42 Å². The van der Waals surface area contributed by atoms with E-state index in [-0.39, 0.29) is 11.8 Å². The molecule has 10 heteroatoms. The average Bonchev–Trinajstić information content (AvgIpc) is 3.29. The van der Waals surface area contributed by atoms with Gasteiger partial charge in [-0.3, -0.25) is 4.98 Å². The molecule has 0 bridgehead atoms. The predicted molar refractivity (Wildman–Crippen MR) is 117 cm³/mol. The highest BCUT2D eigenvalue weighted by atomic mass is 19.4. The molecule has 0 unspecified atom stereocenters. The van der Waals surface area contributed by atoms with E-state index in [1.807, 2.05) is 12.1 Å². The molecule has 2 heterocycles. The number of amides is 1. The Morgan fingerprint density at radius 2 is 1.88 bits per heavy atom. The molecule has 0 fully saturated rings. The van der Waals surface area contributed by atoms with Crippen molar-refractivity contribution in [1.29, 1.82) is 0 Å². The first kappa shape index (κ1) is 24.2. The second-order valence-corrected chi connectivity index (χ2v) is 7.64. The van der Waals surface area contributed by atoms with Crippen LogP contribution in [-0.4, -0.2) is 50.4 Å². The Balaban J connectivity index is 1.74. The quantitative estimate of drug-likeness (QED) is 0.439. The second-order valence-electron chi connectivity index (χ2n) is 7.64. The van der Waals surface area contributed by atoms with Crippen LogP contribution in [0.4, 0.5) is 18.0 Å². The van der Waals surface area contributed by atoms with Gasteiger partial charge in [0.05, 0.1) is 6.20 Å². The van der Waals surface area contributed by atoms with Crippen molar-refractivity contribution >= 4 is 6.03 Å². The van der Waals surface area contributed by atoms with Crippen molar-refractivity contribution in [3.63, 3.8) is 0 Å². The smallest absolute Gasteiger partial charge is 0.406 e. The summed E-state index contributed by atoms with van der Waals surface area (Å²) in [7, 11) is 0. The molecule has 0 N–H and O–H groups in total. The zero-order chi connectivity index (χ0) is 23.8. The zero-order valence-corrected chi connectivity index (χ0v) is 18.5. The summed E-state index contributed by atoms with van der Waals surface area (Å²) in [5.41, 5.74) is 1.92. The first-order valence-corrected chi connectivity index (χ1v) is 10.8. The Morgan fingerprint density at radius 3 is 2.48 bits per heavy atom. The van der Waals surface area contributed by atoms with E-state index >= 15 is 0 Å². The molecule has 176 valence electrons. The minimum Gasteiger partial charge on any atom is -0.406 e. The molecule has 7 nitrogen and oxygen atoms in total. The summed E-state index contributed by atoms with van der Waals surface area (Å²) in [5, 5.41) is 7.99. The average molecular weight is 461 g/mol. The number of hydrogen-bond acceptors (Lipinski definition) is 5. The van der Waals surface area contributed by atoms with E-state index in [0.29, 0.717) is 36.7 Å². The predicted octanol–water partition coefficient (Wildman–Crippen LogP) is 5.19. The molecule has 2 aromatic heterocycles. The fraction of sp³-hybridized carbons (Fsp3) is 0.391. The highest BCUT2D eigenvalue weighted by Crippen LogP contribution is 2.25. The summed E-state index contributed by atoms with van der Waals surface area (Å²) in [5.74, 6) is 0.0217. The molecular weight excluding hydrogens is 435 g/mol. The van der Waals surface area contributed by atoms with E-state index in [0.717, 1.165) is 18.4 Å². The molecule has 0 aliphatic carbocycles. The molecule has 3 rings (SSSR count). The number of carbonyl (C=O) groups is 1. The Labute approximate surface area is 190 Å². The molecule has 1 aromatic carbocycles. The molecule has 33 heavy (non-hydrogen) atoms. The fourth-order valence-electron chi connectivity index (χ4n) is 3.40. The number of nitrogens with zero attached hydrogens (tertiary/aromatic N) is 5. The molecule has 0 aliphatic heterocycles. The van der Waals surface area contributed by atoms with Crippen LogP contribution >= 0.6 is 0 Å². The van der Waals surface area contributed by atoms with Gasteiger partial charge in [-0.2, -0.15) is 4.68 Å². The molecule has 0 saturated heterocycles. The van der Waals surface area contributed by atoms with Gasteiger partial charge in [-0.15, -0.1) is 18.3 Å². The molecule has 0 saturated carbocycles. The van der Waals surface area contributed by atoms with Crippen LogP contribution in [0.1, 0.15) is 32.3 Å². The molecule has 0 atom stereocenters. The summed E-state index contributed by atoms with van der Waals surface area (Å²) in [4.78, 5) is 19.1. The number of pyridine rings is 1. The third-order valence-corrected chi connectivity index (χ3v) is 5.37. The van der Waals surface area contributed by atoms with Crippen molar-refractivity contribution in [2.24, 2.45) is 5.92 Å². The van der Waals surface area contributed by atoms with Gasteiger partial charge in [0.25, 0.3) is 0 Å². The number of alkyl halides is 3. The Hall–Kier alpha value is -3.43. The van der Waals surface area contributed by atoms with Crippen molar-refractivity contribution in [3.05, 3.63) is 60.6 Å². The summed E-state index contributed by atoms with van der Waals surface area (Å²) in [6.07, 6.45) is 2.75. The first-order valence-electron chi connectivity index (χ1n) is 10.8. The molecule has 0 radical (unpaired) electrons. The lowest BCUT2D eigenvalue weighted by Crippen LogP contribution is -2.39. The lowest BCUT2D eigenvalue weighted by Gasteiger charge is -2.26. The van der Waals surface area contributed by atoms with Gasteiger partial charge < -0.3 is 9.64 Å². The Bertz CT molecular complexity index is 1020. The third-order valence-electron chi connectivity index (χ3n) is 5.37. The van der Waals surface area contributed by atoms with Crippen LogP contribution in [0.15, 0.2) is 55.0 Å². The maximum absolute atomic E-state index is 13.2. The van der Waals surface area contributed by atoms with Gasteiger partial charge in [-0.25, -0.2) is 4.79 Å². The topological polar surface area (TPSA) is 73.1 Å². The van der Waals surface area contributed by atoms with E-state index < -0.39 is 6.36 Å². The van der Waals surface area contributed by atoms with Crippen LogP contribution in [0.25, 0.3) is 11.3 Å². The van der Waals surface area contributed by atoms with Crippen molar-refractivity contribution in [3.8, 4) is 17.0 Å². The maximum atomic E-state index is 13.2. The van der Waals surface area contributed by atoms with Crippen LogP contribution in [0.3, 0.4) is 0 Å². The molecule has 3 aromatic rings. The van der Waals surface area contributed by atoms with E-state index in [9.17, 15) is 18.0 Å². The number of aromatic nitrogens is 4. The lowest BCUT2D eigenvalue weighted by atomic mass is 10.0. The van der Waals surface area contributed by atoms with Crippen molar-refractivity contribution in [2.45, 2.75) is 39.5 Å². The second kappa shape index (κ2) is 10.9. The minimum atomic E-state index is -4.76. The van der Waals surface area contributed by atoms with Gasteiger partial charge in [-0.1, -0.05) is 38.0 Å². The van der Waals surface area contributed by atoms with Gasteiger partial charge in [0.2, 0.25) is 0 Å². The third kappa shape index (κ3) is 7.03. The molecular formula is C23H26F3N5O2.